The van der Waals surface area contributed by atoms with Gasteiger partial charge in [-0.2, -0.15) is 0 Å². The third-order valence-electron chi connectivity index (χ3n) is 6.91. The molecule has 2 unspecified atom stereocenters. The number of halogens is 1. The van der Waals surface area contributed by atoms with E-state index in [1.54, 1.807) is 23.7 Å². The van der Waals surface area contributed by atoms with Crippen LogP contribution in [0.15, 0.2) is 60.0 Å². The lowest BCUT2D eigenvalue weighted by Gasteiger charge is -2.45. The molecule has 1 aliphatic carbocycles. The lowest BCUT2D eigenvalue weighted by atomic mass is 9.74. The number of hydrogen-bond acceptors (Lipinski definition) is 4. The maximum Gasteiger partial charge on any atom is 0.259 e. The second-order valence-electron chi connectivity index (χ2n) is 9.17. The van der Waals surface area contributed by atoms with Crippen molar-refractivity contribution < 1.29 is 12.8 Å². The van der Waals surface area contributed by atoms with Gasteiger partial charge in [0.05, 0.1) is 6.33 Å². The summed E-state index contributed by atoms with van der Waals surface area (Å²) in [5.74, 6) is 0.0462. The Morgan fingerprint density at radius 3 is 2.70 bits per heavy atom. The Kier molecular flexibility index (Phi) is 6.07. The summed E-state index contributed by atoms with van der Waals surface area (Å²) in [6.45, 7) is 2.43. The van der Waals surface area contributed by atoms with Crippen molar-refractivity contribution in [2.45, 2.75) is 49.2 Å². The monoisotopic (exact) mass is 468 g/mol. The standard InChI is InChI=1S/C25H29FN4O2S/c1-29-16-25(27-17-29)33(31,32)28-15-19-6-7-20-8-9-24(30-10-3-11-30)23(22(20)14-19)13-18-4-2-5-21(26)12-18/h2,4-7,12,14,16-17,23-24,28H,3,8-11,13,15H2,1H3. The van der Waals surface area contributed by atoms with Gasteiger partial charge < -0.3 is 4.57 Å². The number of sulfonamides is 1. The molecule has 33 heavy (non-hydrogen) atoms. The van der Waals surface area contributed by atoms with Crippen molar-refractivity contribution in [1.29, 1.82) is 0 Å². The van der Waals surface area contributed by atoms with Crippen LogP contribution in [0.1, 0.15) is 41.0 Å². The van der Waals surface area contributed by atoms with E-state index in [9.17, 15) is 12.8 Å². The second kappa shape index (κ2) is 9.00. The van der Waals surface area contributed by atoms with E-state index in [0.29, 0.717) is 6.04 Å². The van der Waals surface area contributed by atoms with Crippen LogP contribution in [0.3, 0.4) is 0 Å². The van der Waals surface area contributed by atoms with Gasteiger partial charge >= 0.3 is 0 Å². The van der Waals surface area contributed by atoms with Gasteiger partial charge in [0.2, 0.25) is 0 Å². The molecule has 1 fully saturated rings. The molecule has 2 heterocycles. The first kappa shape index (κ1) is 22.3. The SMILES string of the molecule is Cn1cnc(S(=O)(=O)NCc2ccc3c(c2)C(Cc2cccc(F)c2)C(N2CCC2)CC3)c1. The third kappa shape index (κ3) is 4.74. The molecule has 2 aromatic carbocycles. The first-order chi connectivity index (χ1) is 15.9. The van der Waals surface area contributed by atoms with Gasteiger partial charge in [0.25, 0.3) is 10.0 Å². The van der Waals surface area contributed by atoms with Gasteiger partial charge in [-0.3, -0.25) is 4.90 Å². The summed E-state index contributed by atoms with van der Waals surface area (Å²) in [4.78, 5) is 6.50. The highest BCUT2D eigenvalue weighted by Crippen LogP contribution is 2.39. The van der Waals surface area contributed by atoms with Gasteiger partial charge in [-0.05, 0) is 73.2 Å². The molecule has 1 aliphatic heterocycles. The first-order valence-electron chi connectivity index (χ1n) is 11.5. The van der Waals surface area contributed by atoms with Crippen molar-refractivity contribution in [3.63, 3.8) is 0 Å². The first-order valence-corrected chi connectivity index (χ1v) is 13.0. The molecule has 6 nitrogen and oxygen atoms in total. The minimum atomic E-state index is -3.68. The predicted molar refractivity (Wildman–Crippen MR) is 125 cm³/mol. The second-order valence-corrected chi connectivity index (χ2v) is 10.9. The molecular formula is C25H29FN4O2S. The van der Waals surface area contributed by atoms with Crippen LogP contribution in [-0.4, -0.2) is 42.0 Å². The van der Waals surface area contributed by atoms with Crippen LogP contribution < -0.4 is 4.72 Å². The quantitative estimate of drug-likeness (QED) is 0.577. The van der Waals surface area contributed by atoms with Crippen molar-refractivity contribution in [2.24, 2.45) is 7.05 Å². The van der Waals surface area contributed by atoms with Crippen molar-refractivity contribution in [3.8, 4) is 0 Å². The van der Waals surface area contributed by atoms with Gasteiger partial charge in [0, 0.05) is 31.7 Å². The summed E-state index contributed by atoms with van der Waals surface area (Å²) >= 11 is 0. The number of rotatable bonds is 7. The van der Waals surface area contributed by atoms with Crippen molar-refractivity contribution in [3.05, 3.63) is 83.1 Å². The van der Waals surface area contributed by atoms with Crippen molar-refractivity contribution in [1.82, 2.24) is 19.2 Å². The minimum Gasteiger partial charge on any atom is -0.339 e. The molecule has 3 aromatic rings. The number of aromatic nitrogens is 2. The van der Waals surface area contributed by atoms with Crippen LogP contribution in [0, 0.1) is 5.82 Å². The number of nitrogens with one attached hydrogen (secondary N) is 1. The smallest absolute Gasteiger partial charge is 0.259 e. The van der Waals surface area contributed by atoms with Crippen LogP contribution in [0.25, 0.3) is 0 Å². The number of aryl methyl sites for hydroxylation is 2. The Morgan fingerprint density at radius 1 is 1.15 bits per heavy atom. The van der Waals surface area contributed by atoms with E-state index in [4.69, 9.17) is 0 Å². The van der Waals surface area contributed by atoms with E-state index in [-0.39, 0.29) is 23.3 Å². The average Bonchev–Trinajstić information content (AvgIpc) is 3.20. The zero-order valence-electron chi connectivity index (χ0n) is 18.7. The van der Waals surface area contributed by atoms with Gasteiger partial charge in [-0.1, -0.05) is 30.3 Å². The molecule has 2 atom stereocenters. The number of fused-ring (bicyclic) bond motifs is 1. The van der Waals surface area contributed by atoms with E-state index in [1.807, 2.05) is 12.1 Å². The summed E-state index contributed by atoms with van der Waals surface area (Å²) in [5, 5.41) is 0.0183. The number of nitrogens with zero attached hydrogens (tertiary/aromatic N) is 3. The van der Waals surface area contributed by atoms with E-state index < -0.39 is 10.0 Å². The third-order valence-corrected chi connectivity index (χ3v) is 8.20. The lowest BCUT2D eigenvalue weighted by Crippen LogP contribution is -2.50. The van der Waals surface area contributed by atoms with E-state index >= 15 is 0 Å². The molecule has 8 heteroatoms. The van der Waals surface area contributed by atoms with Gasteiger partial charge in [-0.25, -0.2) is 22.5 Å². The molecular weight excluding hydrogens is 439 g/mol. The van der Waals surface area contributed by atoms with Gasteiger partial charge in [0.1, 0.15) is 5.82 Å². The van der Waals surface area contributed by atoms with E-state index in [1.165, 1.54) is 36.1 Å². The Balaban J connectivity index is 1.41. The fourth-order valence-corrected chi connectivity index (χ4v) is 6.09. The Hall–Kier alpha value is -2.55. The lowest BCUT2D eigenvalue weighted by molar-refractivity contribution is 0.0877. The average molecular weight is 469 g/mol. The molecule has 0 spiro atoms. The van der Waals surface area contributed by atoms with Crippen molar-refractivity contribution >= 4 is 10.0 Å². The molecule has 2 aliphatic rings. The summed E-state index contributed by atoms with van der Waals surface area (Å²) in [6, 6.07) is 13.6. The highest BCUT2D eigenvalue weighted by Gasteiger charge is 2.36. The summed E-state index contributed by atoms with van der Waals surface area (Å²) < 4.78 is 43.4. The zero-order chi connectivity index (χ0) is 23.0. The molecule has 1 N–H and O–H groups in total. The summed E-state index contributed by atoms with van der Waals surface area (Å²) in [7, 11) is -1.94. The Labute approximate surface area is 194 Å². The van der Waals surface area contributed by atoms with Crippen LogP contribution in [-0.2, 0) is 36.5 Å². The maximum atomic E-state index is 13.9. The van der Waals surface area contributed by atoms with Gasteiger partial charge in [0.15, 0.2) is 5.03 Å². The zero-order valence-corrected chi connectivity index (χ0v) is 19.6. The van der Waals surface area contributed by atoms with E-state index in [2.05, 4.69) is 26.7 Å². The van der Waals surface area contributed by atoms with Crippen LogP contribution in [0.4, 0.5) is 4.39 Å². The number of imidazole rings is 1. The summed E-state index contributed by atoms with van der Waals surface area (Å²) in [5.41, 5.74) is 4.49. The largest absolute Gasteiger partial charge is 0.339 e. The molecule has 5 rings (SSSR count). The summed E-state index contributed by atoms with van der Waals surface area (Å²) in [6.07, 6.45) is 7.07. The maximum absolute atomic E-state index is 13.9. The molecule has 1 aromatic heterocycles. The molecule has 0 saturated carbocycles. The molecule has 174 valence electrons. The fourth-order valence-electron chi connectivity index (χ4n) is 5.09. The highest BCUT2D eigenvalue weighted by molar-refractivity contribution is 7.89. The molecule has 1 saturated heterocycles. The van der Waals surface area contributed by atoms with Gasteiger partial charge in [-0.15, -0.1) is 0 Å². The highest BCUT2D eigenvalue weighted by atomic mass is 32.2. The molecule has 0 radical (unpaired) electrons. The number of likely N-dealkylation sites (tertiary alicyclic amines) is 1. The van der Waals surface area contributed by atoms with Crippen LogP contribution in [0.2, 0.25) is 0 Å². The number of hydrogen-bond donors (Lipinski definition) is 1. The topological polar surface area (TPSA) is 67.2 Å². The fraction of sp³-hybridized carbons (Fsp3) is 0.400. The van der Waals surface area contributed by atoms with E-state index in [0.717, 1.165) is 43.5 Å². The van der Waals surface area contributed by atoms with Crippen LogP contribution >= 0.6 is 0 Å². The molecule has 0 amide bonds. The molecule has 0 bridgehead atoms. The Morgan fingerprint density at radius 2 is 2.00 bits per heavy atom. The minimum absolute atomic E-state index is 0.0183. The van der Waals surface area contributed by atoms with Crippen molar-refractivity contribution in [2.75, 3.05) is 13.1 Å². The Bertz CT molecular complexity index is 1250. The van der Waals surface area contributed by atoms with Crippen LogP contribution in [0.5, 0.6) is 0 Å². The predicted octanol–water partition coefficient (Wildman–Crippen LogP) is 3.38. The normalized spacial score (nSPS) is 20.9. The number of benzene rings is 2.